The van der Waals surface area contributed by atoms with Crippen LogP contribution in [-0.2, 0) is 9.73 Å². The Bertz CT molecular complexity index is 1100. The van der Waals surface area contributed by atoms with E-state index in [4.69, 9.17) is 14.2 Å². The molecule has 152 valence electrons. The van der Waals surface area contributed by atoms with Gasteiger partial charge in [-0.15, -0.1) is 11.3 Å². The zero-order valence-corrected chi connectivity index (χ0v) is 17.7. The summed E-state index contributed by atoms with van der Waals surface area (Å²) in [5.41, 5.74) is 1.60. The minimum Gasteiger partial charge on any atom is -0.432 e. The fourth-order valence-corrected chi connectivity index (χ4v) is 7.15. The second-order valence-electron chi connectivity index (χ2n) is 7.87. The van der Waals surface area contributed by atoms with E-state index in [0.717, 1.165) is 29.0 Å². The fraction of sp³-hybridized carbons (Fsp3) is 0.429. The summed E-state index contributed by atoms with van der Waals surface area (Å²) in [6, 6.07) is 6.08. The first-order valence-electron chi connectivity index (χ1n) is 10.2. The minimum atomic E-state index is -2.87. The molecule has 0 saturated heterocycles. The third-order valence-electron chi connectivity index (χ3n) is 5.73. The van der Waals surface area contributed by atoms with Crippen molar-refractivity contribution in [2.75, 3.05) is 5.32 Å². The summed E-state index contributed by atoms with van der Waals surface area (Å²) in [5, 5.41) is 4.22. The van der Waals surface area contributed by atoms with Gasteiger partial charge in [-0.2, -0.15) is 0 Å². The van der Waals surface area contributed by atoms with Crippen LogP contribution in [0.1, 0.15) is 55.9 Å². The molecule has 1 atom stereocenters. The summed E-state index contributed by atoms with van der Waals surface area (Å²) < 4.78 is 27.3. The van der Waals surface area contributed by atoms with Crippen LogP contribution in [-0.4, -0.2) is 19.4 Å². The molecule has 1 aromatic carbocycles. The summed E-state index contributed by atoms with van der Waals surface area (Å²) in [6.07, 6.45) is 13.0. The second-order valence-corrected chi connectivity index (χ2v) is 11.2. The van der Waals surface area contributed by atoms with Crippen molar-refractivity contribution in [1.82, 2.24) is 9.97 Å². The Morgan fingerprint density at radius 2 is 1.97 bits per heavy atom. The quantitative estimate of drug-likeness (QED) is 0.491. The van der Waals surface area contributed by atoms with E-state index in [2.05, 4.69) is 10.3 Å². The molecule has 0 amide bonds. The lowest BCUT2D eigenvalue weighted by Gasteiger charge is -2.19. The standard InChI is InChI=1S/C21H24N4O2S2/c22-29(26,16-7-8-16)19-12-15(25-21-23-10-11-27-21)6-9-17(19)18-13-24-20(28-18)14-4-2-1-3-5-14/h6,9-14,16,22H,1-5,7-8H2,(H,23,25). The average molecular weight is 429 g/mol. The molecule has 6 nitrogen and oxygen atoms in total. The number of rotatable bonds is 6. The Kier molecular flexibility index (Phi) is 4.91. The van der Waals surface area contributed by atoms with Crippen molar-refractivity contribution >= 4 is 32.8 Å². The molecule has 2 aliphatic rings. The van der Waals surface area contributed by atoms with E-state index in [0.29, 0.717) is 16.8 Å². The Hall–Kier alpha value is -2.19. The molecule has 2 saturated carbocycles. The van der Waals surface area contributed by atoms with Gasteiger partial charge in [0.2, 0.25) is 0 Å². The first-order valence-corrected chi connectivity index (χ1v) is 12.6. The van der Waals surface area contributed by atoms with Gasteiger partial charge in [0, 0.05) is 28.6 Å². The lowest BCUT2D eigenvalue weighted by atomic mass is 9.90. The Balaban J connectivity index is 1.52. The van der Waals surface area contributed by atoms with Gasteiger partial charge in [0.05, 0.1) is 30.7 Å². The van der Waals surface area contributed by atoms with Crippen LogP contribution in [0.25, 0.3) is 10.4 Å². The highest BCUT2D eigenvalue weighted by Crippen LogP contribution is 2.43. The summed E-state index contributed by atoms with van der Waals surface area (Å²) in [5.74, 6) is 0.542. The van der Waals surface area contributed by atoms with E-state index in [1.54, 1.807) is 17.5 Å². The van der Waals surface area contributed by atoms with Crippen LogP contribution >= 0.6 is 11.3 Å². The van der Waals surface area contributed by atoms with Crippen LogP contribution in [0, 0.1) is 4.78 Å². The molecule has 3 aromatic rings. The smallest absolute Gasteiger partial charge is 0.299 e. The predicted octanol–water partition coefficient (Wildman–Crippen LogP) is 6.16. The first kappa shape index (κ1) is 18.8. The molecule has 0 aliphatic heterocycles. The molecule has 2 aromatic heterocycles. The van der Waals surface area contributed by atoms with E-state index in [9.17, 15) is 4.21 Å². The van der Waals surface area contributed by atoms with Gasteiger partial charge in [-0.1, -0.05) is 25.3 Å². The van der Waals surface area contributed by atoms with E-state index in [-0.39, 0.29) is 5.25 Å². The van der Waals surface area contributed by atoms with Crippen molar-refractivity contribution in [3.05, 3.63) is 41.9 Å². The van der Waals surface area contributed by atoms with Crippen LogP contribution in [0.3, 0.4) is 0 Å². The normalized spacial score (nSPS) is 19.7. The number of anilines is 2. The van der Waals surface area contributed by atoms with Gasteiger partial charge in [-0.3, -0.25) is 0 Å². The van der Waals surface area contributed by atoms with E-state index in [1.165, 1.54) is 43.4 Å². The van der Waals surface area contributed by atoms with Crippen molar-refractivity contribution in [2.45, 2.75) is 61.0 Å². The zero-order valence-electron chi connectivity index (χ0n) is 16.1. The van der Waals surface area contributed by atoms with Crippen molar-refractivity contribution in [3.63, 3.8) is 0 Å². The van der Waals surface area contributed by atoms with E-state index < -0.39 is 9.73 Å². The van der Waals surface area contributed by atoms with Crippen molar-refractivity contribution in [3.8, 4) is 10.4 Å². The fourth-order valence-electron chi connectivity index (χ4n) is 3.99. The van der Waals surface area contributed by atoms with Gasteiger partial charge in [-0.25, -0.2) is 19.0 Å². The van der Waals surface area contributed by atoms with Crippen molar-refractivity contribution in [1.29, 1.82) is 4.78 Å². The van der Waals surface area contributed by atoms with Gasteiger partial charge in [0.1, 0.15) is 6.26 Å². The van der Waals surface area contributed by atoms with Crippen LogP contribution in [0.2, 0.25) is 0 Å². The number of nitrogens with zero attached hydrogens (tertiary/aromatic N) is 2. The zero-order chi connectivity index (χ0) is 19.8. The molecule has 1 unspecified atom stereocenters. The van der Waals surface area contributed by atoms with Crippen molar-refractivity contribution in [2.24, 2.45) is 0 Å². The molecule has 0 spiro atoms. The SMILES string of the molecule is N=S(=O)(c1cc(Nc2ncco2)ccc1-c1cnc(C2CCCCC2)s1)C1CC1. The van der Waals surface area contributed by atoms with Gasteiger partial charge in [-0.05, 0) is 37.8 Å². The molecule has 2 N–H and O–H groups in total. The van der Waals surface area contributed by atoms with Gasteiger partial charge in [0.25, 0.3) is 6.01 Å². The number of oxazole rings is 1. The molecule has 0 bridgehead atoms. The Morgan fingerprint density at radius 1 is 1.14 bits per heavy atom. The summed E-state index contributed by atoms with van der Waals surface area (Å²) in [7, 11) is -2.87. The summed E-state index contributed by atoms with van der Waals surface area (Å²) in [4.78, 5) is 10.4. The second kappa shape index (κ2) is 7.57. The topological polar surface area (TPSA) is 91.9 Å². The maximum absolute atomic E-state index is 13.4. The summed E-state index contributed by atoms with van der Waals surface area (Å²) >= 11 is 1.69. The Labute approximate surface area is 174 Å². The number of aromatic nitrogens is 2. The van der Waals surface area contributed by atoms with E-state index >= 15 is 0 Å². The molecule has 2 aliphatic carbocycles. The Morgan fingerprint density at radius 3 is 2.69 bits per heavy atom. The van der Waals surface area contributed by atoms with Crippen LogP contribution in [0.4, 0.5) is 11.7 Å². The first-order chi connectivity index (χ1) is 14.1. The largest absolute Gasteiger partial charge is 0.432 e. The molecule has 2 heterocycles. The molecule has 8 heteroatoms. The molecule has 2 fully saturated rings. The third-order valence-corrected chi connectivity index (χ3v) is 9.32. The maximum atomic E-state index is 13.4. The number of hydrogen-bond donors (Lipinski definition) is 2. The van der Waals surface area contributed by atoms with Crippen LogP contribution in [0.15, 0.2) is 46.2 Å². The molecule has 29 heavy (non-hydrogen) atoms. The minimum absolute atomic E-state index is 0.0519. The van der Waals surface area contributed by atoms with Gasteiger partial charge < -0.3 is 9.73 Å². The molecular weight excluding hydrogens is 404 g/mol. The lowest BCUT2D eigenvalue weighted by Crippen LogP contribution is -2.07. The average Bonchev–Trinajstić information content (AvgIpc) is 3.28. The summed E-state index contributed by atoms with van der Waals surface area (Å²) in [6.45, 7) is 0. The van der Waals surface area contributed by atoms with Crippen LogP contribution < -0.4 is 5.32 Å². The maximum Gasteiger partial charge on any atom is 0.299 e. The number of nitrogens with one attached hydrogen (secondary N) is 2. The third kappa shape index (κ3) is 3.83. The highest BCUT2D eigenvalue weighted by atomic mass is 32.2. The highest BCUT2D eigenvalue weighted by molar-refractivity contribution is 7.93. The number of benzene rings is 1. The molecule has 5 rings (SSSR count). The van der Waals surface area contributed by atoms with Gasteiger partial charge in [0.15, 0.2) is 0 Å². The van der Waals surface area contributed by atoms with E-state index in [1.807, 2.05) is 24.4 Å². The molecular formula is C21H24N4O2S2. The monoisotopic (exact) mass is 428 g/mol. The predicted molar refractivity (Wildman–Crippen MR) is 115 cm³/mol. The number of hydrogen-bond acceptors (Lipinski definition) is 7. The van der Waals surface area contributed by atoms with Crippen molar-refractivity contribution < 1.29 is 8.63 Å². The van der Waals surface area contributed by atoms with Crippen LogP contribution in [0.5, 0.6) is 0 Å². The number of thiazole rings is 1. The molecule has 0 radical (unpaired) electrons. The lowest BCUT2D eigenvalue weighted by molar-refractivity contribution is 0.442. The van der Waals surface area contributed by atoms with Gasteiger partial charge >= 0.3 is 0 Å². The highest BCUT2D eigenvalue weighted by Gasteiger charge is 2.35.